The number of methoxy groups -OCH3 is 1. The molecule has 0 bridgehead atoms. The Labute approximate surface area is 178 Å². The number of thioether (sulfide) groups is 1. The van der Waals surface area contributed by atoms with Gasteiger partial charge in [-0.15, -0.1) is 10.2 Å². The van der Waals surface area contributed by atoms with Gasteiger partial charge >= 0.3 is 0 Å². The molecule has 30 heavy (non-hydrogen) atoms. The van der Waals surface area contributed by atoms with Crippen LogP contribution in [0.15, 0.2) is 53.9 Å². The van der Waals surface area contributed by atoms with Gasteiger partial charge in [0, 0.05) is 18.9 Å². The van der Waals surface area contributed by atoms with Gasteiger partial charge in [0.25, 0.3) is 0 Å². The van der Waals surface area contributed by atoms with E-state index in [2.05, 4.69) is 25.8 Å². The summed E-state index contributed by atoms with van der Waals surface area (Å²) in [4.78, 5) is 28.7. The standard InChI is InChI=1S/C20H22N6O3S/c1-13(19(28)23-15-5-4-10-21-12-15)30-20-25-24-17(26(20)2)11-18(27)22-14-6-8-16(29-3)9-7-14/h4-10,12-13H,11H2,1-3H3,(H,22,27)(H,23,28)/t13-/m0/s1. The second-order valence-electron chi connectivity index (χ2n) is 6.40. The van der Waals surface area contributed by atoms with Gasteiger partial charge in [0.1, 0.15) is 11.6 Å². The molecule has 2 aromatic heterocycles. The van der Waals surface area contributed by atoms with Gasteiger partial charge in [-0.25, -0.2) is 0 Å². The minimum atomic E-state index is -0.408. The normalized spacial score (nSPS) is 11.6. The number of amides is 2. The molecule has 0 radical (unpaired) electrons. The number of ether oxygens (including phenoxy) is 1. The van der Waals surface area contributed by atoms with Crippen LogP contribution < -0.4 is 15.4 Å². The van der Waals surface area contributed by atoms with E-state index in [9.17, 15) is 9.59 Å². The molecule has 156 valence electrons. The average Bonchev–Trinajstić information content (AvgIpc) is 3.08. The number of pyridine rings is 1. The Hall–Kier alpha value is -3.40. The van der Waals surface area contributed by atoms with Crippen LogP contribution in [-0.4, -0.2) is 43.9 Å². The van der Waals surface area contributed by atoms with E-state index in [1.807, 2.05) is 0 Å². The third kappa shape index (κ3) is 5.57. The van der Waals surface area contributed by atoms with Crippen molar-refractivity contribution in [2.45, 2.75) is 23.8 Å². The van der Waals surface area contributed by atoms with E-state index in [-0.39, 0.29) is 18.2 Å². The van der Waals surface area contributed by atoms with Crippen molar-refractivity contribution in [1.82, 2.24) is 19.7 Å². The number of carbonyl (C=O) groups excluding carboxylic acids is 2. The van der Waals surface area contributed by atoms with Gasteiger partial charge in [0.05, 0.1) is 30.7 Å². The van der Waals surface area contributed by atoms with Gasteiger partial charge in [-0.1, -0.05) is 11.8 Å². The molecule has 2 heterocycles. The summed E-state index contributed by atoms with van der Waals surface area (Å²) >= 11 is 1.26. The van der Waals surface area contributed by atoms with Gasteiger partial charge in [0.15, 0.2) is 5.16 Å². The lowest BCUT2D eigenvalue weighted by molar-refractivity contribution is -0.116. The summed E-state index contributed by atoms with van der Waals surface area (Å²) in [5, 5.41) is 14.0. The Balaban J connectivity index is 1.56. The van der Waals surface area contributed by atoms with Crippen LogP contribution >= 0.6 is 11.8 Å². The van der Waals surface area contributed by atoms with Crippen LogP contribution in [0.1, 0.15) is 12.7 Å². The van der Waals surface area contributed by atoms with Crippen LogP contribution in [0, 0.1) is 0 Å². The Morgan fingerprint density at radius 3 is 2.57 bits per heavy atom. The molecule has 9 nitrogen and oxygen atoms in total. The lowest BCUT2D eigenvalue weighted by atomic mass is 10.3. The van der Waals surface area contributed by atoms with E-state index < -0.39 is 5.25 Å². The molecule has 0 spiro atoms. The second-order valence-corrected chi connectivity index (χ2v) is 7.71. The Morgan fingerprint density at radius 1 is 1.13 bits per heavy atom. The van der Waals surface area contributed by atoms with E-state index in [1.54, 1.807) is 74.4 Å². The van der Waals surface area contributed by atoms with E-state index in [0.29, 0.717) is 28.1 Å². The number of rotatable bonds is 8. The predicted molar refractivity (Wildman–Crippen MR) is 115 cm³/mol. The quantitative estimate of drug-likeness (QED) is 0.533. The van der Waals surface area contributed by atoms with Crippen molar-refractivity contribution in [1.29, 1.82) is 0 Å². The first-order valence-electron chi connectivity index (χ1n) is 9.16. The second kappa shape index (κ2) is 9.88. The molecule has 0 aliphatic carbocycles. The fraction of sp³-hybridized carbons (Fsp3) is 0.250. The van der Waals surface area contributed by atoms with Crippen molar-refractivity contribution < 1.29 is 14.3 Å². The first kappa shape index (κ1) is 21.3. The summed E-state index contributed by atoms with van der Waals surface area (Å²) in [6.07, 6.45) is 3.28. The van der Waals surface area contributed by atoms with Gasteiger partial charge < -0.3 is 19.9 Å². The van der Waals surface area contributed by atoms with Crippen LogP contribution in [0.5, 0.6) is 5.75 Å². The lowest BCUT2D eigenvalue weighted by Gasteiger charge is -2.11. The molecule has 0 aliphatic rings. The molecule has 3 aromatic rings. The molecule has 0 aliphatic heterocycles. The summed E-state index contributed by atoms with van der Waals surface area (Å²) in [6, 6.07) is 10.6. The fourth-order valence-corrected chi connectivity index (χ4v) is 3.35. The molecule has 0 saturated heterocycles. The highest BCUT2D eigenvalue weighted by molar-refractivity contribution is 8.00. The largest absolute Gasteiger partial charge is 0.497 e. The SMILES string of the molecule is COc1ccc(NC(=O)Cc2nnc(S[C@@H](C)C(=O)Nc3cccnc3)n2C)cc1. The molecule has 10 heteroatoms. The van der Waals surface area contributed by atoms with E-state index in [1.165, 1.54) is 11.8 Å². The predicted octanol–water partition coefficient (Wildman–Crippen LogP) is 2.52. The zero-order valence-electron chi connectivity index (χ0n) is 16.8. The molecule has 0 saturated carbocycles. The maximum absolute atomic E-state index is 12.4. The number of carbonyl (C=O) groups is 2. The first-order chi connectivity index (χ1) is 14.5. The van der Waals surface area contributed by atoms with Crippen LogP contribution in [0.25, 0.3) is 0 Å². The minimum Gasteiger partial charge on any atom is -0.497 e. The van der Waals surface area contributed by atoms with E-state index in [0.717, 1.165) is 0 Å². The first-order valence-corrected chi connectivity index (χ1v) is 10.0. The molecule has 0 fully saturated rings. The molecule has 3 rings (SSSR count). The molecule has 2 N–H and O–H groups in total. The van der Waals surface area contributed by atoms with Gasteiger partial charge in [0.2, 0.25) is 11.8 Å². The maximum Gasteiger partial charge on any atom is 0.237 e. The van der Waals surface area contributed by atoms with Crippen molar-refractivity contribution in [2.75, 3.05) is 17.7 Å². The molecule has 1 aromatic carbocycles. The highest BCUT2D eigenvalue weighted by atomic mass is 32.2. The van der Waals surface area contributed by atoms with Crippen LogP contribution in [-0.2, 0) is 23.1 Å². The smallest absolute Gasteiger partial charge is 0.237 e. The molecular weight excluding hydrogens is 404 g/mol. The topological polar surface area (TPSA) is 111 Å². The van der Waals surface area contributed by atoms with Gasteiger partial charge in [-0.05, 0) is 43.3 Å². The van der Waals surface area contributed by atoms with E-state index in [4.69, 9.17) is 4.74 Å². The Bertz CT molecular complexity index is 1010. The number of hydrogen-bond acceptors (Lipinski definition) is 7. The number of benzene rings is 1. The van der Waals surface area contributed by atoms with Crippen LogP contribution in [0.3, 0.4) is 0 Å². The monoisotopic (exact) mass is 426 g/mol. The zero-order valence-corrected chi connectivity index (χ0v) is 17.6. The maximum atomic E-state index is 12.4. The van der Waals surface area contributed by atoms with Crippen LogP contribution in [0.4, 0.5) is 11.4 Å². The number of nitrogens with one attached hydrogen (secondary N) is 2. The molecular formula is C20H22N6O3S. The summed E-state index contributed by atoms with van der Waals surface area (Å²) < 4.78 is 6.82. The Kier molecular flexibility index (Phi) is 7.02. The number of hydrogen-bond donors (Lipinski definition) is 2. The fourth-order valence-electron chi connectivity index (χ4n) is 2.52. The Morgan fingerprint density at radius 2 is 1.90 bits per heavy atom. The number of nitrogens with zero attached hydrogens (tertiary/aromatic N) is 4. The third-order valence-electron chi connectivity index (χ3n) is 4.20. The molecule has 1 atom stereocenters. The zero-order chi connectivity index (χ0) is 21.5. The van der Waals surface area contributed by atoms with Crippen molar-refractivity contribution >= 4 is 35.0 Å². The van der Waals surface area contributed by atoms with E-state index >= 15 is 0 Å². The summed E-state index contributed by atoms with van der Waals surface area (Å²) in [5.41, 5.74) is 1.29. The van der Waals surface area contributed by atoms with Crippen molar-refractivity contribution in [3.05, 3.63) is 54.6 Å². The van der Waals surface area contributed by atoms with Crippen molar-refractivity contribution in [3.63, 3.8) is 0 Å². The van der Waals surface area contributed by atoms with Gasteiger partial charge in [-0.3, -0.25) is 14.6 Å². The molecule has 0 unspecified atom stereocenters. The molecule has 2 amide bonds. The third-order valence-corrected chi connectivity index (χ3v) is 5.33. The number of anilines is 2. The minimum absolute atomic E-state index is 0.0619. The average molecular weight is 427 g/mol. The van der Waals surface area contributed by atoms with Crippen molar-refractivity contribution in [2.24, 2.45) is 7.05 Å². The summed E-state index contributed by atoms with van der Waals surface area (Å²) in [6.45, 7) is 1.78. The highest BCUT2D eigenvalue weighted by Gasteiger charge is 2.20. The van der Waals surface area contributed by atoms with Crippen molar-refractivity contribution in [3.8, 4) is 5.75 Å². The summed E-state index contributed by atoms with van der Waals surface area (Å²) in [7, 11) is 3.35. The lowest BCUT2D eigenvalue weighted by Crippen LogP contribution is -2.23. The number of aromatic nitrogens is 4. The van der Waals surface area contributed by atoms with Gasteiger partial charge in [-0.2, -0.15) is 0 Å². The van der Waals surface area contributed by atoms with Crippen LogP contribution in [0.2, 0.25) is 0 Å². The summed E-state index contributed by atoms with van der Waals surface area (Å²) in [5.74, 6) is 0.831. The highest BCUT2D eigenvalue weighted by Crippen LogP contribution is 2.23.